The summed E-state index contributed by atoms with van der Waals surface area (Å²) in [6, 6.07) is 5.47. The van der Waals surface area contributed by atoms with Crippen LogP contribution in [0.5, 0.6) is 0 Å². The average molecular weight is 238 g/mol. The minimum Gasteiger partial charge on any atom is -0.465 e. The van der Waals surface area contributed by atoms with Crippen LogP contribution in [-0.4, -0.2) is 13.1 Å². The third kappa shape index (κ3) is 1.91. The van der Waals surface area contributed by atoms with Gasteiger partial charge in [0.2, 0.25) is 0 Å². The smallest absolute Gasteiger partial charge is 0.340 e. The van der Waals surface area contributed by atoms with Gasteiger partial charge in [-0.25, -0.2) is 13.6 Å². The molecule has 0 spiro atoms. The molecule has 3 nitrogen and oxygen atoms in total. The first-order chi connectivity index (χ1) is 8.15. The van der Waals surface area contributed by atoms with Crippen LogP contribution in [0.3, 0.4) is 0 Å². The van der Waals surface area contributed by atoms with Gasteiger partial charge >= 0.3 is 5.97 Å². The summed E-state index contributed by atoms with van der Waals surface area (Å²) in [6.07, 6.45) is 1.35. The predicted molar refractivity (Wildman–Crippen MR) is 55.4 cm³/mol. The second kappa shape index (κ2) is 4.37. The van der Waals surface area contributed by atoms with Gasteiger partial charge in [-0.2, -0.15) is 0 Å². The van der Waals surface area contributed by atoms with E-state index < -0.39 is 23.2 Å². The van der Waals surface area contributed by atoms with Crippen LogP contribution in [0.25, 0.3) is 11.3 Å². The Kier molecular flexibility index (Phi) is 2.91. The van der Waals surface area contributed by atoms with Crippen molar-refractivity contribution in [2.24, 2.45) is 0 Å². The van der Waals surface area contributed by atoms with Crippen LogP contribution in [-0.2, 0) is 4.74 Å². The maximum absolute atomic E-state index is 13.7. The first-order valence-electron chi connectivity index (χ1n) is 4.75. The fourth-order valence-electron chi connectivity index (χ4n) is 1.44. The lowest BCUT2D eigenvalue weighted by Crippen LogP contribution is -2.06. The molecule has 0 fully saturated rings. The van der Waals surface area contributed by atoms with Gasteiger partial charge in [0.05, 0.1) is 24.5 Å². The van der Waals surface area contributed by atoms with Crippen LogP contribution >= 0.6 is 0 Å². The summed E-state index contributed by atoms with van der Waals surface area (Å²) in [6.45, 7) is 0. The molecule has 0 aliphatic rings. The minimum atomic E-state index is -1.24. The van der Waals surface area contributed by atoms with Crippen molar-refractivity contribution in [3.8, 4) is 11.3 Å². The third-order valence-electron chi connectivity index (χ3n) is 2.27. The monoisotopic (exact) mass is 238 g/mol. The first-order valence-corrected chi connectivity index (χ1v) is 4.75. The van der Waals surface area contributed by atoms with E-state index in [1.54, 1.807) is 6.07 Å². The molecule has 0 N–H and O–H groups in total. The van der Waals surface area contributed by atoms with Crippen molar-refractivity contribution in [1.82, 2.24) is 0 Å². The summed E-state index contributed by atoms with van der Waals surface area (Å²) < 4.78 is 36.5. The van der Waals surface area contributed by atoms with Crippen molar-refractivity contribution in [2.75, 3.05) is 7.11 Å². The van der Waals surface area contributed by atoms with Gasteiger partial charge in [0, 0.05) is 0 Å². The first kappa shape index (κ1) is 11.3. The third-order valence-corrected chi connectivity index (χ3v) is 2.27. The van der Waals surface area contributed by atoms with Crippen LogP contribution in [0, 0.1) is 11.6 Å². The summed E-state index contributed by atoms with van der Waals surface area (Å²) in [5, 5.41) is 0. The maximum Gasteiger partial charge on any atom is 0.340 e. The number of carbonyl (C=O) groups is 1. The van der Waals surface area contributed by atoms with E-state index in [2.05, 4.69) is 4.74 Å². The quantitative estimate of drug-likeness (QED) is 0.755. The fraction of sp³-hybridized carbons (Fsp3) is 0.0833. The zero-order valence-electron chi connectivity index (χ0n) is 8.87. The lowest BCUT2D eigenvalue weighted by molar-refractivity contribution is 0.0594. The molecule has 0 atom stereocenters. The lowest BCUT2D eigenvalue weighted by atomic mass is 10.1. The number of benzene rings is 1. The standard InChI is InChI=1S/C12H8F2O3/c1-16-12(15)8-5-4-7(10(13)11(8)14)9-3-2-6-17-9/h2-6H,1H3. The van der Waals surface area contributed by atoms with Gasteiger partial charge in [0.15, 0.2) is 11.6 Å². The number of hydrogen-bond donors (Lipinski definition) is 0. The van der Waals surface area contributed by atoms with E-state index in [0.29, 0.717) is 0 Å². The SMILES string of the molecule is COC(=O)c1ccc(-c2ccco2)c(F)c1F. The highest BCUT2D eigenvalue weighted by atomic mass is 19.2. The zero-order valence-corrected chi connectivity index (χ0v) is 8.87. The normalized spacial score (nSPS) is 10.3. The Labute approximate surface area is 95.6 Å². The molecule has 0 saturated heterocycles. The van der Waals surface area contributed by atoms with Gasteiger partial charge in [0.25, 0.3) is 0 Å². The lowest BCUT2D eigenvalue weighted by Gasteiger charge is -2.05. The molecule has 0 bridgehead atoms. The highest BCUT2D eigenvalue weighted by Crippen LogP contribution is 2.26. The van der Waals surface area contributed by atoms with E-state index in [1.807, 2.05) is 0 Å². The molecule has 5 heteroatoms. The molecular formula is C12H8F2O3. The maximum atomic E-state index is 13.7. The molecule has 2 aromatic rings. The molecule has 17 heavy (non-hydrogen) atoms. The van der Waals surface area contributed by atoms with Gasteiger partial charge in [-0.05, 0) is 24.3 Å². The second-order valence-corrected chi connectivity index (χ2v) is 3.26. The number of carbonyl (C=O) groups excluding carboxylic acids is 1. The Morgan fingerprint density at radius 3 is 2.59 bits per heavy atom. The molecule has 0 unspecified atom stereocenters. The topological polar surface area (TPSA) is 39.4 Å². The molecule has 0 aliphatic carbocycles. The summed E-state index contributed by atoms with van der Waals surface area (Å²) >= 11 is 0. The fourth-order valence-corrected chi connectivity index (χ4v) is 1.44. The molecule has 1 heterocycles. The van der Waals surface area contributed by atoms with E-state index in [4.69, 9.17) is 4.42 Å². The van der Waals surface area contributed by atoms with Crippen molar-refractivity contribution in [2.45, 2.75) is 0 Å². The average Bonchev–Trinajstić information content (AvgIpc) is 2.85. The van der Waals surface area contributed by atoms with Gasteiger partial charge in [-0.3, -0.25) is 0 Å². The van der Waals surface area contributed by atoms with E-state index >= 15 is 0 Å². The Morgan fingerprint density at radius 1 is 1.24 bits per heavy atom. The largest absolute Gasteiger partial charge is 0.465 e. The van der Waals surface area contributed by atoms with Crippen molar-refractivity contribution in [1.29, 1.82) is 0 Å². The van der Waals surface area contributed by atoms with Gasteiger partial charge < -0.3 is 9.15 Å². The molecule has 1 aromatic carbocycles. The number of methoxy groups -OCH3 is 1. The van der Waals surface area contributed by atoms with Gasteiger partial charge in [0.1, 0.15) is 5.76 Å². The summed E-state index contributed by atoms with van der Waals surface area (Å²) in [5.41, 5.74) is -0.486. The number of rotatable bonds is 2. The molecular weight excluding hydrogens is 230 g/mol. The van der Waals surface area contributed by atoms with Crippen LogP contribution in [0.2, 0.25) is 0 Å². The number of furan rings is 1. The van der Waals surface area contributed by atoms with Crippen molar-refractivity contribution < 1.29 is 22.7 Å². The van der Waals surface area contributed by atoms with Crippen LogP contribution in [0.1, 0.15) is 10.4 Å². The van der Waals surface area contributed by atoms with Crippen LogP contribution < -0.4 is 0 Å². The van der Waals surface area contributed by atoms with Crippen molar-refractivity contribution in [3.05, 3.63) is 47.7 Å². The minimum absolute atomic E-state index is 0.0415. The Balaban J connectivity index is 2.54. The van der Waals surface area contributed by atoms with E-state index in [9.17, 15) is 13.6 Å². The number of halogens is 2. The van der Waals surface area contributed by atoms with Gasteiger partial charge in [-0.15, -0.1) is 0 Å². The van der Waals surface area contributed by atoms with Gasteiger partial charge in [-0.1, -0.05) is 0 Å². The van der Waals surface area contributed by atoms with Crippen LogP contribution in [0.15, 0.2) is 34.9 Å². The van der Waals surface area contributed by atoms with E-state index in [1.165, 1.54) is 18.4 Å². The summed E-state index contributed by atoms with van der Waals surface area (Å²) in [5.74, 6) is -3.11. The summed E-state index contributed by atoms with van der Waals surface area (Å²) in [4.78, 5) is 11.1. The van der Waals surface area contributed by atoms with Crippen LogP contribution in [0.4, 0.5) is 8.78 Å². The summed E-state index contributed by atoms with van der Waals surface area (Å²) in [7, 11) is 1.10. The molecule has 2 rings (SSSR count). The Bertz CT molecular complexity index is 547. The molecule has 88 valence electrons. The van der Waals surface area contributed by atoms with Crippen molar-refractivity contribution >= 4 is 5.97 Å². The Morgan fingerprint density at radius 2 is 2.00 bits per heavy atom. The second-order valence-electron chi connectivity index (χ2n) is 3.26. The van der Waals surface area contributed by atoms with Crippen molar-refractivity contribution in [3.63, 3.8) is 0 Å². The highest BCUT2D eigenvalue weighted by molar-refractivity contribution is 5.90. The molecule has 0 amide bonds. The molecule has 0 radical (unpaired) electrons. The predicted octanol–water partition coefficient (Wildman–Crippen LogP) is 3.01. The molecule has 0 saturated carbocycles. The number of hydrogen-bond acceptors (Lipinski definition) is 3. The molecule has 0 aliphatic heterocycles. The highest BCUT2D eigenvalue weighted by Gasteiger charge is 2.20. The number of ether oxygens (including phenoxy) is 1. The van der Waals surface area contributed by atoms with E-state index in [-0.39, 0.29) is 11.3 Å². The molecule has 1 aromatic heterocycles. The Hall–Kier alpha value is -2.17. The number of esters is 1. The zero-order chi connectivity index (χ0) is 12.4. The van der Waals surface area contributed by atoms with E-state index in [0.717, 1.165) is 13.2 Å².